The van der Waals surface area contributed by atoms with E-state index < -0.39 is 41.8 Å². The number of hydrogen-bond donors (Lipinski definition) is 5. The van der Waals surface area contributed by atoms with Crippen LogP contribution in [0.4, 0.5) is 0 Å². The number of primary amides is 1. The van der Waals surface area contributed by atoms with E-state index in [-0.39, 0.29) is 12.8 Å². The molecule has 3 atom stereocenters. The molecule has 9 nitrogen and oxygen atoms in total. The maximum atomic E-state index is 11.5. The summed E-state index contributed by atoms with van der Waals surface area (Å²) in [5.74, 6) is -3.18. The van der Waals surface area contributed by atoms with E-state index in [0.29, 0.717) is 0 Å². The maximum Gasteiger partial charge on any atom is 0.325 e. The standard InChI is InChI=1S/C11H20N4O5/c1-5(12)10(18)15-7(9(13)17)3-4-8(16)14-6(2)11(19)20/h5-7H,3-4,12H2,1-2H3,(H2,13,17)(H,14,16)(H,15,18)(H,19,20)/t5-,6+,7+/m1/s1/i/hD. The lowest BCUT2D eigenvalue weighted by Crippen LogP contribution is -2.50. The highest BCUT2D eigenvalue weighted by Crippen LogP contribution is 1.99. The van der Waals surface area contributed by atoms with Gasteiger partial charge in [-0.25, -0.2) is 0 Å². The van der Waals surface area contributed by atoms with Gasteiger partial charge >= 0.3 is 5.97 Å². The molecule has 0 spiro atoms. The smallest absolute Gasteiger partial charge is 0.325 e. The Bertz CT molecular complexity index is 417. The van der Waals surface area contributed by atoms with E-state index in [2.05, 4.69) is 10.6 Å². The SMILES string of the molecule is [2H]N[C@H](C)C(=O)N[C@@H](CCC(=O)N[C@@H](C)C(=O)O)C(N)=O. The summed E-state index contributed by atoms with van der Waals surface area (Å²) in [5.41, 5.74) is 7.07. The first-order valence-corrected chi connectivity index (χ1v) is 5.98. The van der Waals surface area contributed by atoms with Gasteiger partial charge in [-0.15, -0.1) is 0 Å². The van der Waals surface area contributed by atoms with E-state index in [0.717, 1.165) is 0 Å². The number of nitrogens with two attached hydrogens (primary N) is 2. The first-order valence-electron chi connectivity index (χ1n) is 6.48. The second-order valence-corrected chi connectivity index (χ2v) is 4.35. The fourth-order valence-corrected chi connectivity index (χ4v) is 1.23. The summed E-state index contributed by atoms with van der Waals surface area (Å²) in [5, 5.41) is 13.2. The van der Waals surface area contributed by atoms with Crippen molar-refractivity contribution in [2.45, 2.75) is 44.8 Å². The number of carbonyl (C=O) groups is 4. The maximum absolute atomic E-state index is 11.5. The van der Waals surface area contributed by atoms with Crippen LogP contribution in [0.15, 0.2) is 0 Å². The summed E-state index contributed by atoms with van der Waals surface area (Å²) in [6.45, 7) is 2.72. The zero-order chi connectivity index (χ0) is 16.6. The van der Waals surface area contributed by atoms with E-state index in [1.165, 1.54) is 13.8 Å². The first kappa shape index (κ1) is 15.9. The summed E-state index contributed by atoms with van der Waals surface area (Å²) in [7, 11) is 0. The van der Waals surface area contributed by atoms with Crippen molar-refractivity contribution in [2.75, 3.05) is 0 Å². The Morgan fingerprint density at radius 3 is 2.30 bits per heavy atom. The molecule has 0 aromatic rings. The zero-order valence-electron chi connectivity index (χ0n) is 12.3. The minimum Gasteiger partial charge on any atom is -0.480 e. The van der Waals surface area contributed by atoms with Gasteiger partial charge < -0.3 is 27.2 Å². The fraction of sp³-hybridized carbons (Fsp3) is 0.636. The van der Waals surface area contributed by atoms with Crippen LogP contribution >= 0.6 is 0 Å². The summed E-state index contributed by atoms with van der Waals surface area (Å²) in [4.78, 5) is 44.8. The first-order chi connectivity index (χ1) is 9.68. The molecular weight excluding hydrogens is 268 g/mol. The van der Waals surface area contributed by atoms with E-state index in [4.69, 9.17) is 12.3 Å². The number of carboxylic acid groups (broad SMARTS) is 1. The molecule has 0 aromatic carbocycles. The number of nitrogens with one attached hydrogen (secondary N) is 2. The van der Waals surface area contributed by atoms with Gasteiger partial charge in [-0.05, 0) is 20.3 Å². The van der Waals surface area contributed by atoms with Crippen LogP contribution in [0, 0.1) is 0 Å². The van der Waals surface area contributed by atoms with Crippen molar-refractivity contribution in [3.63, 3.8) is 0 Å². The molecule has 0 aliphatic heterocycles. The number of amides is 3. The van der Waals surface area contributed by atoms with E-state index in [1.807, 2.05) is 5.73 Å². The Hall–Kier alpha value is -2.16. The molecule has 0 aromatic heterocycles. The van der Waals surface area contributed by atoms with Gasteiger partial charge in [0.25, 0.3) is 0 Å². The lowest BCUT2D eigenvalue weighted by molar-refractivity contribution is -0.141. The highest BCUT2D eigenvalue weighted by atomic mass is 16.4. The number of rotatable bonds is 9. The van der Waals surface area contributed by atoms with Crippen molar-refractivity contribution >= 4 is 23.7 Å². The molecule has 20 heavy (non-hydrogen) atoms. The molecule has 0 aliphatic carbocycles. The lowest BCUT2D eigenvalue weighted by atomic mass is 10.1. The molecular formula is C11H20N4O5. The highest BCUT2D eigenvalue weighted by molar-refractivity contribution is 5.89. The van der Waals surface area contributed by atoms with Gasteiger partial charge in [0.1, 0.15) is 13.5 Å². The quantitative estimate of drug-likeness (QED) is 0.319. The molecule has 0 heterocycles. The van der Waals surface area contributed by atoms with Crippen LogP contribution in [0.25, 0.3) is 0 Å². The molecule has 0 fully saturated rings. The molecule has 0 bridgehead atoms. The Balaban J connectivity index is 4.40. The molecule has 0 saturated heterocycles. The Morgan fingerprint density at radius 2 is 1.85 bits per heavy atom. The van der Waals surface area contributed by atoms with Gasteiger partial charge in [0, 0.05) is 6.42 Å². The molecule has 114 valence electrons. The Morgan fingerprint density at radius 1 is 1.25 bits per heavy atom. The molecule has 7 N–H and O–H groups in total. The van der Waals surface area contributed by atoms with Crippen molar-refractivity contribution in [1.29, 1.82) is 0 Å². The third kappa shape index (κ3) is 6.69. The normalized spacial score (nSPS) is 15.4. The predicted octanol–water partition coefficient (Wildman–Crippen LogP) is -2.33. The van der Waals surface area contributed by atoms with Gasteiger partial charge in [-0.2, -0.15) is 0 Å². The van der Waals surface area contributed by atoms with Crippen molar-refractivity contribution in [3.05, 3.63) is 0 Å². The largest absolute Gasteiger partial charge is 0.480 e. The topological polar surface area (TPSA) is 165 Å². The second-order valence-electron chi connectivity index (χ2n) is 4.35. The summed E-state index contributed by atoms with van der Waals surface area (Å²) >= 11 is 0. The minimum absolute atomic E-state index is 0.0655. The fourth-order valence-electron chi connectivity index (χ4n) is 1.23. The van der Waals surface area contributed by atoms with E-state index >= 15 is 0 Å². The second kappa shape index (κ2) is 8.10. The average molecular weight is 289 g/mol. The Labute approximate surface area is 117 Å². The lowest BCUT2D eigenvalue weighted by Gasteiger charge is -2.17. The number of carboxylic acids is 1. The van der Waals surface area contributed by atoms with Gasteiger partial charge in [0.15, 0.2) is 0 Å². The van der Waals surface area contributed by atoms with Crippen molar-refractivity contribution in [1.82, 2.24) is 10.6 Å². The van der Waals surface area contributed by atoms with Crippen molar-refractivity contribution in [2.24, 2.45) is 11.5 Å². The van der Waals surface area contributed by atoms with Gasteiger partial charge in [-0.3, -0.25) is 19.2 Å². The highest BCUT2D eigenvalue weighted by Gasteiger charge is 2.21. The third-order valence-corrected chi connectivity index (χ3v) is 2.46. The van der Waals surface area contributed by atoms with E-state index in [1.54, 1.807) is 0 Å². The Kier molecular flexibility index (Phi) is 6.44. The molecule has 0 unspecified atom stereocenters. The van der Waals surface area contributed by atoms with Gasteiger partial charge in [0.2, 0.25) is 17.7 Å². The van der Waals surface area contributed by atoms with E-state index in [9.17, 15) is 19.2 Å². The van der Waals surface area contributed by atoms with Crippen LogP contribution in [-0.4, -0.2) is 46.9 Å². The van der Waals surface area contributed by atoms with Crippen LogP contribution in [-0.2, 0) is 19.2 Å². The third-order valence-electron chi connectivity index (χ3n) is 2.46. The van der Waals surface area contributed by atoms with Gasteiger partial charge in [0.05, 0.1) is 6.04 Å². The molecule has 0 rings (SSSR count). The monoisotopic (exact) mass is 289 g/mol. The number of aliphatic carboxylic acids is 1. The van der Waals surface area contributed by atoms with Crippen LogP contribution in [0.5, 0.6) is 0 Å². The van der Waals surface area contributed by atoms with Crippen LogP contribution in [0.1, 0.15) is 26.7 Å². The van der Waals surface area contributed by atoms with Crippen molar-refractivity contribution in [3.8, 4) is 0 Å². The number of hydrogen-bond acceptors (Lipinski definition) is 5. The molecule has 9 heteroatoms. The average Bonchev–Trinajstić information content (AvgIpc) is 2.41. The molecule has 0 saturated carbocycles. The minimum atomic E-state index is -1.18. The summed E-state index contributed by atoms with van der Waals surface area (Å²) in [6, 6.07) is -2.96. The van der Waals surface area contributed by atoms with Crippen LogP contribution in [0.3, 0.4) is 0 Å². The van der Waals surface area contributed by atoms with Gasteiger partial charge in [-0.1, -0.05) is 0 Å². The molecule has 3 amide bonds. The summed E-state index contributed by atoms with van der Waals surface area (Å²) in [6.07, 6.45) is -0.238. The number of carbonyl (C=O) groups excluding carboxylic acids is 3. The molecule has 0 radical (unpaired) electrons. The predicted molar refractivity (Wildman–Crippen MR) is 69.2 cm³/mol. The van der Waals surface area contributed by atoms with Crippen LogP contribution in [0.2, 0.25) is 1.41 Å². The molecule has 0 aliphatic rings. The zero-order valence-corrected chi connectivity index (χ0v) is 11.3. The summed E-state index contributed by atoms with van der Waals surface area (Å²) < 4.78 is 6.83. The van der Waals surface area contributed by atoms with Crippen molar-refractivity contribution < 1.29 is 25.7 Å². The van der Waals surface area contributed by atoms with Crippen LogP contribution < -0.4 is 22.1 Å².